The summed E-state index contributed by atoms with van der Waals surface area (Å²) in [5, 5.41) is 3.40. The minimum Gasteiger partial charge on any atom is -0.469 e. The van der Waals surface area contributed by atoms with Crippen molar-refractivity contribution >= 4 is 11.9 Å². The van der Waals surface area contributed by atoms with Gasteiger partial charge in [0.1, 0.15) is 18.4 Å². The molecule has 1 N–H and O–H groups in total. The van der Waals surface area contributed by atoms with E-state index in [-0.39, 0.29) is 18.6 Å². The standard InChI is InChI=1S/C22H30N4O3/c1-17-7-4-5-9-19(17)20-16-26(12-14-29-20)22(24-15-21(27)25(2)3)23-11-10-18-8-6-13-28-18/h4-9,13,20H,10-12,14-16H2,1-3H3,(H,23,24). The van der Waals surface area contributed by atoms with Crippen LogP contribution in [-0.4, -0.2) is 68.5 Å². The zero-order valence-electron chi connectivity index (χ0n) is 17.4. The van der Waals surface area contributed by atoms with Crippen molar-refractivity contribution in [3.8, 4) is 0 Å². The molecule has 0 aliphatic carbocycles. The minimum absolute atomic E-state index is 0.0217. The van der Waals surface area contributed by atoms with Gasteiger partial charge in [-0.15, -0.1) is 0 Å². The van der Waals surface area contributed by atoms with E-state index in [4.69, 9.17) is 9.15 Å². The van der Waals surface area contributed by atoms with Gasteiger partial charge in [-0.1, -0.05) is 24.3 Å². The van der Waals surface area contributed by atoms with E-state index in [1.54, 1.807) is 25.3 Å². The molecule has 1 amide bonds. The third kappa shape index (κ3) is 5.84. The lowest BCUT2D eigenvalue weighted by Crippen LogP contribution is -2.49. The van der Waals surface area contributed by atoms with Gasteiger partial charge in [-0.25, -0.2) is 4.99 Å². The zero-order chi connectivity index (χ0) is 20.6. The molecule has 0 bridgehead atoms. The minimum atomic E-state index is -0.0287. The van der Waals surface area contributed by atoms with Crippen LogP contribution >= 0.6 is 0 Å². The van der Waals surface area contributed by atoms with Crippen molar-refractivity contribution in [2.45, 2.75) is 19.4 Å². The van der Waals surface area contributed by atoms with E-state index in [1.165, 1.54) is 11.1 Å². The number of nitrogens with one attached hydrogen (secondary N) is 1. The summed E-state index contributed by atoms with van der Waals surface area (Å²) < 4.78 is 11.4. The van der Waals surface area contributed by atoms with Crippen molar-refractivity contribution in [1.82, 2.24) is 15.1 Å². The van der Waals surface area contributed by atoms with Crippen LogP contribution in [0.25, 0.3) is 0 Å². The van der Waals surface area contributed by atoms with Crippen LogP contribution in [0, 0.1) is 6.92 Å². The quantitative estimate of drug-likeness (QED) is 0.597. The second-order valence-corrected chi connectivity index (χ2v) is 7.35. The van der Waals surface area contributed by atoms with E-state index in [0.29, 0.717) is 19.7 Å². The number of aryl methyl sites for hydroxylation is 1. The Bertz CT molecular complexity index is 817. The third-order valence-corrected chi connectivity index (χ3v) is 5.00. The molecule has 2 heterocycles. The van der Waals surface area contributed by atoms with Gasteiger partial charge in [-0.2, -0.15) is 0 Å². The van der Waals surface area contributed by atoms with Crippen LogP contribution in [0.5, 0.6) is 0 Å². The highest BCUT2D eigenvalue weighted by atomic mass is 16.5. The van der Waals surface area contributed by atoms with Gasteiger partial charge in [-0.3, -0.25) is 4.79 Å². The number of hydrogen-bond acceptors (Lipinski definition) is 4. The molecule has 0 radical (unpaired) electrons. The number of morpholine rings is 1. The van der Waals surface area contributed by atoms with Gasteiger partial charge < -0.3 is 24.3 Å². The lowest BCUT2D eigenvalue weighted by molar-refractivity contribution is -0.127. The molecule has 1 atom stereocenters. The number of benzene rings is 1. The first-order chi connectivity index (χ1) is 14.0. The Morgan fingerprint density at radius 3 is 2.83 bits per heavy atom. The van der Waals surface area contributed by atoms with Crippen molar-refractivity contribution in [2.75, 3.05) is 46.9 Å². The molecule has 7 heteroatoms. The van der Waals surface area contributed by atoms with Gasteiger partial charge in [0.05, 0.1) is 19.4 Å². The van der Waals surface area contributed by atoms with E-state index in [0.717, 1.165) is 24.7 Å². The number of aliphatic imine (C=N–C) groups is 1. The van der Waals surface area contributed by atoms with Gasteiger partial charge >= 0.3 is 0 Å². The summed E-state index contributed by atoms with van der Waals surface area (Å²) in [6.45, 7) is 4.92. The number of hydrogen-bond donors (Lipinski definition) is 1. The van der Waals surface area contributed by atoms with Crippen LogP contribution in [0.4, 0.5) is 0 Å². The fraction of sp³-hybridized carbons (Fsp3) is 0.455. The molecule has 1 saturated heterocycles. The average Bonchev–Trinajstić information content (AvgIpc) is 3.24. The van der Waals surface area contributed by atoms with Crippen molar-refractivity contribution in [3.05, 3.63) is 59.5 Å². The molecular weight excluding hydrogens is 368 g/mol. The zero-order valence-corrected chi connectivity index (χ0v) is 17.4. The van der Waals surface area contributed by atoms with Crippen LogP contribution in [0.3, 0.4) is 0 Å². The molecule has 1 fully saturated rings. The topological polar surface area (TPSA) is 70.3 Å². The normalized spacial score (nSPS) is 17.3. The summed E-state index contributed by atoms with van der Waals surface area (Å²) in [7, 11) is 3.48. The van der Waals surface area contributed by atoms with E-state index in [9.17, 15) is 4.79 Å². The highest BCUT2D eigenvalue weighted by molar-refractivity contribution is 5.85. The number of nitrogens with zero attached hydrogens (tertiary/aromatic N) is 3. The van der Waals surface area contributed by atoms with E-state index in [1.807, 2.05) is 24.3 Å². The first-order valence-electron chi connectivity index (χ1n) is 9.97. The summed E-state index contributed by atoms with van der Waals surface area (Å²) >= 11 is 0. The first kappa shape index (κ1) is 20.9. The molecule has 1 aromatic heterocycles. The highest BCUT2D eigenvalue weighted by Gasteiger charge is 2.25. The predicted molar refractivity (Wildman–Crippen MR) is 113 cm³/mol. The molecule has 7 nitrogen and oxygen atoms in total. The van der Waals surface area contributed by atoms with E-state index < -0.39 is 0 Å². The molecule has 0 spiro atoms. The molecular formula is C22H30N4O3. The first-order valence-corrected chi connectivity index (χ1v) is 9.97. The van der Waals surface area contributed by atoms with Crippen LogP contribution in [-0.2, 0) is 16.0 Å². The Hall–Kier alpha value is -2.80. The average molecular weight is 399 g/mol. The van der Waals surface area contributed by atoms with Crippen molar-refractivity contribution < 1.29 is 13.9 Å². The van der Waals surface area contributed by atoms with Gasteiger partial charge in [-0.05, 0) is 30.2 Å². The molecule has 1 aliphatic heterocycles. The van der Waals surface area contributed by atoms with Crippen LogP contribution in [0.15, 0.2) is 52.1 Å². The highest BCUT2D eigenvalue weighted by Crippen LogP contribution is 2.25. The second-order valence-electron chi connectivity index (χ2n) is 7.35. The number of rotatable bonds is 6. The monoisotopic (exact) mass is 398 g/mol. The third-order valence-electron chi connectivity index (χ3n) is 5.00. The Kier molecular flexibility index (Phi) is 7.30. The smallest absolute Gasteiger partial charge is 0.243 e. The summed E-state index contributed by atoms with van der Waals surface area (Å²) in [6.07, 6.45) is 2.40. The van der Waals surface area contributed by atoms with E-state index in [2.05, 4.69) is 34.3 Å². The number of carbonyl (C=O) groups excluding carboxylic acids is 1. The summed E-state index contributed by atoms with van der Waals surface area (Å²) in [4.78, 5) is 20.4. The maximum absolute atomic E-state index is 12.1. The van der Waals surface area contributed by atoms with Crippen molar-refractivity contribution in [2.24, 2.45) is 4.99 Å². The molecule has 1 unspecified atom stereocenters. The molecule has 1 aromatic carbocycles. The Morgan fingerprint density at radius 1 is 1.28 bits per heavy atom. The van der Waals surface area contributed by atoms with Crippen LogP contribution < -0.4 is 5.32 Å². The molecule has 1 aliphatic rings. The summed E-state index contributed by atoms with van der Waals surface area (Å²) in [5.41, 5.74) is 2.41. The Labute approximate surface area is 172 Å². The van der Waals surface area contributed by atoms with Crippen molar-refractivity contribution in [1.29, 1.82) is 0 Å². The van der Waals surface area contributed by atoms with Crippen molar-refractivity contribution in [3.63, 3.8) is 0 Å². The molecule has 0 saturated carbocycles. The van der Waals surface area contributed by atoms with Gasteiger partial charge in [0, 0.05) is 33.6 Å². The maximum Gasteiger partial charge on any atom is 0.243 e. The van der Waals surface area contributed by atoms with Gasteiger partial charge in [0.25, 0.3) is 0 Å². The number of guanidine groups is 1. The van der Waals surface area contributed by atoms with Crippen LogP contribution in [0.2, 0.25) is 0 Å². The number of furan rings is 1. The summed E-state index contributed by atoms with van der Waals surface area (Å²) in [6, 6.07) is 12.1. The number of ether oxygens (including phenoxy) is 1. The number of amides is 1. The Morgan fingerprint density at radius 2 is 2.10 bits per heavy atom. The van der Waals surface area contributed by atoms with Gasteiger partial charge in [0.2, 0.25) is 5.91 Å². The molecule has 29 heavy (non-hydrogen) atoms. The molecule has 2 aromatic rings. The second kappa shape index (κ2) is 10.1. The molecule has 3 rings (SSSR count). The summed E-state index contributed by atoms with van der Waals surface area (Å²) in [5.74, 6) is 1.62. The SMILES string of the molecule is Cc1ccccc1C1CN(C(=NCC(=O)N(C)C)NCCc2ccco2)CCO1. The Balaban J connectivity index is 1.70. The maximum atomic E-state index is 12.1. The predicted octanol–water partition coefficient (Wildman–Crippen LogP) is 2.24. The lowest BCUT2D eigenvalue weighted by Gasteiger charge is -2.36. The molecule has 156 valence electrons. The van der Waals surface area contributed by atoms with E-state index >= 15 is 0 Å². The van der Waals surface area contributed by atoms with Crippen LogP contribution in [0.1, 0.15) is 23.0 Å². The fourth-order valence-electron chi connectivity index (χ4n) is 3.28. The number of likely N-dealkylation sites (N-methyl/N-ethyl adjacent to an activating group) is 1. The fourth-order valence-corrected chi connectivity index (χ4v) is 3.28. The lowest BCUT2D eigenvalue weighted by atomic mass is 10.0. The number of carbonyl (C=O) groups is 1. The largest absolute Gasteiger partial charge is 0.469 e. The van der Waals surface area contributed by atoms with Gasteiger partial charge in [0.15, 0.2) is 5.96 Å².